The number of fused-ring (bicyclic) bond motifs is 1. The van der Waals surface area contributed by atoms with Gasteiger partial charge in [-0.2, -0.15) is 0 Å². The Kier molecular flexibility index (Phi) is 5.26. The molecule has 2 N–H and O–H groups in total. The Balaban J connectivity index is 1.69. The second-order valence-electron chi connectivity index (χ2n) is 7.00. The lowest BCUT2D eigenvalue weighted by molar-refractivity contribution is -0.119. The van der Waals surface area contributed by atoms with Gasteiger partial charge in [-0.15, -0.1) is 0 Å². The van der Waals surface area contributed by atoms with Crippen molar-refractivity contribution >= 4 is 29.0 Å². The highest BCUT2D eigenvalue weighted by atomic mass is 16.2. The van der Waals surface area contributed by atoms with Gasteiger partial charge in [-0.05, 0) is 30.7 Å². The Labute approximate surface area is 174 Å². The van der Waals surface area contributed by atoms with Gasteiger partial charge in [0.1, 0.15) is 0 Å². The average molecular weight is 399 g/mol. The minimum Gasteiger partial charge on any atom is -0.310 e. The molecule has 0 saturated carbocycles. The highest BCUT2D eigenvalue weighted by Gasteiger charge is 2.31. The van der Waals surface area contributed by atoms with E-state index in [4.69, 9.17) is 0 Å². The maximum Gasteiger partial charge on any atom is 0.321 e. The van der Waals surface area contributed by atoms with Crippen LogP contribution in [-0.2, 0) is 4.79 Å². The molecule has 1 aromatic heterocycles. The molecule has 0 unspecified atom stereocenters. The first-order valence-corrected chi connectivity index (χ1v) is 9.52. The molecule has 1 atom stereocenters. The van der Waals surface area contributed by atoms with Gasteiger partial charge in [0.15, 0.2) is 0 Å². The number of aliphatic imine (C=N–C) groups is 1. The van der Waals surface area contributed by atoms with Crippen molar-refractivity contribution in [3.63, 3.8) is 0 Å². The minimum atomic E-state index is -1.08. The third kappa shape index (κ3) is 3.91. The number of aryl methyl sites for hydroxylation is 1. The smallest absolute Gasteiger partial charge is 0.310 e. The van der Waals surface area contributed by atoms with Crippen molar-refractivity contribution in [1.29, 1.82) is 0 Å². The van der Waals surface area contributed by atoms with Crippen LogP contribution in [0.3, 0.4) is 0 Å². The lowest BCUT2D eigenvalue weighted by atomic mass is 10.0. The minimum absolute atomic E-state index is 0.352. The largest absolute Gasteiger partial charge is 0.321 e. The maximum atomic E-state index is 13.1. The summed E-state index contributed by atoms with van der Waals surface area (Å²) in [6, 6.07) is 18.3. The molecule has 30 heavy (non-hydrogen) atoms. The van der Waals surface area contributed by atoms with E-state index >= 15 is 0 Å². The van der Waals surface area contributed by atoms with Crippen LogP contribution in [0.4, 0.5) is 16.2 Å². The van der Waals surface area contributed by atoms with Crippen molar-refractivity contribution in [3.8, 4) is 0 Å². The molecule has 7 heteroatoms. The molecule has 3 amide bonds. The van der Waals surface area contributed by atoms with E-state index in [-0.39, 0.29) is 5.91 Å². The summed E-state index contributed by atoms with van der Waals surface area (Å²) in [5.74, 6) is -0.352. The summed E-state index contributed by atoms with van der Waals surface area (Å²) in [5.41, 5.74) is 4.53. The third-order valence-corrected chi connectivity index (χ3v) is 4.83. The number of hydrogen-bond donors (Lipinski definition) is 2. The molecule has 1 aliphatic heterocycles. The van der Waals surface area contributed by atoms with Crippen molar-refractivity contribution in [2.24, 2.45) is 4.99 Å². The van der Waals surface area contributed by atoms with E-state index in [1.807, 2.05) is 61.5 Å². The summed E-state index contributed by atoms with van der Waals surface area (Å²) in [7, 11) is 1.65. The third-order valence-electron chi connectivity index (χ3n) is 4.83. The van der Waals surface area contributed by atoms with E-state index in [1.54, 1.807) is 25.5 Å². The van der Waals surface area contributed by atoms with Gasteiger partial charge in [-0.1, -0.05) is 42.5 Å². The Morgan fingerprint density at radius 2 is 1.87 bits per heavy atom. The van der Waals surface area contributed by atoms with Gasteiger partial charge in [-0.25, -0.2) is 9.79 Å². The van der Waals surface area contributed by atoms with Crippen LogP contribution in [0.15, 0.2) is 78.0 Å². The van der Waals surface area contributed by atoms with E-state index in [0.29, 0.717) is 17.1 Å². The number of amides is 3. The number of rotatable bonds is 3. The Morgan fingerprint density at radius 1 is 1.07 bits per heavy atom. The van der Waals surface area contributed by atoms with Crippen molar-refractivity contribution in [2.75, 3.05) is 17.3 Å². The number of carbonyl (C=O) groups is 2. The lowest BCUT2D eigenvalue weighted by Crippen LogP contribution is -2.47. The number of aromatic nitrogens is 1. The Bertz CT molecular complexity index is 1130. The molecule has 2 heterocycles. The van der Waals surface area contributed by atoms with Gasteiger partial charge in [0.2, 0.25) is 6.17 Å². The maximum absolute atomic E-state index is 13.1. The SMILES string of the molecule is Cc1cccc(NC(=O)N[C@@H]2N=C(c3ccccc3)c3ccncc3N(C)C2=O)c1. The molecular formula is C23H21N5O2. The predicted octanol–water partition coefficient (Wildman–Crippen LogP) is 3.35. The van der Waals surface area contributed by atoms with Gasteiger partial charge >= 0.3 is 6.03 Å². The zero-order valence-corrected chi connectivity index (χ0v) is 16.7. The molecule has 0 bridgehead atoms. The number of urea groups is 1. The molecule has 1 aliphatic rings. The predicted molar refractivity (Wildman–Crippen MR) is 117 cm³/mol. The van der Waals surface area contributed by atoms with Gasteiger partial charge in [0, 0.05) is 30.1 Å². The second kappa shape index (κ2) is 8.16. The van der Waals surface area contributed by atoms with Crippen molar-refractivity contribution < 1.29 is 9.59 Å². The fourth-order valence-electron chi connectivity index (χ4n) is 3.34. The van der Waals surface area contributed by atoms with Gasteiger partial charge in [0.25, 0.3) is 5.91 Å². The van der Waals surface area contributed by atoms with Crippen LogP contribution in [-0.4, -0.2) is 35.8 Å². The van der Waals surface area contributed by atoms with Crippen LogP contribution in [0.2, 0.25) is 0 Å². The van der Waals surface area contributed by atoms with Crippen LogP contribution in [0.25, 0.3) is 0 Å². The standard InChI is InChI=1S/C23H21N5O2/c1-15-7-6-10-17(13-15)25-23(30)27-21-22(29)28(2)19-14-24-12-11-18(19)20(26-21)16-8-4-3-5-9-16/h3-14,21H,1-2H3,(H2,25,27,30)/t21-/m0/s1. The van der Waals surface area contributed by atoms with Gasteiger partial charge < -0.3 is 15.5 Å². The fraction of sp³-hybridized carbons (Fsp3) is 0.130. The summed E-state index contributed by atoms with van der Waals surface area (Å²) < 4.78 is 0. The number of carbonyl (C=O) groups excluding carboxylic acids is 2. The van der Waals surface area contributed by atoms with E-state index < -0.39 is 12.2 Å². The van der Waals surface area contributed by atoms with Crippen LogP contribution < -0.4 is 15.5 Å². The van der Waals surface area contributed by atoms with E-state index in [2.05, 4.69) is 20.6 Å². The molecule has 0 radical (unpaired) electrons. The second-order valence-corrected chi connectivity index (χ2v) is 7.00. The first-order valence-electron chi connectivity index (χ1n) is 9.52. The number of hydrogen-bond acceptors (Lipinski definition) is 4. The quantitative estimate of drug-likeness (QED) is 0.708. The van der Waals surface area contributed by atoms with Crippen LogP contribution in [0.1, 0.15) is 16.7 Å². The molecule has 3 aromatic rings. The van der Waals surface area contributed by atoms with Crippen LogP contribution in [0.5, 0.6) is 0 Å². The lowest BCUT2D eigenvalue weighted by Gasteiger charge is -2.20. The number of pyridine rings is 1. The van der Waals surface area contributed by atoms with Crippen LogP contribution in [0, 0.1) is 6.92 Å². The number of nitrogens with zero attached hydrogens (tertiary/aromatic N) is 3. The first kappa shape index (κ1) is 19.3. The summed E-state index contributed by atoms with van der Waals surface area (Å²) in [4.78, 5) is 35.9. The van der Waals surface area contributed by atoms with Gasteiger partial charge in [-0.3, -0.25) is 9.78 Å². The number of benzene rings is 2. The molecule has 0 saturated heterocycles. The topological polar surface area (TPSA) is 86.7 Å². The Morgan fingerprint density at radius 3 is 2.63 bits per heavy atom. The molecule has 7 nitrogen and oxygen atoms in total. The molecule has 0 aliphatic carbocycles. The highest BCUT2D eigenvalue weighted by molar-refractivity contribution is 6.20. The Hall–Kier alpha value is -4.00. The number of anilines is 2. The molecule has 150 valence electrons. The van der Waals surface area contributed by atoms with Crippen LogP contribution >= 0.6 is 0 Å². The van der Waals surface area contributed by atoms with Gasteiger partial charge in [0.05, 0.1) is 17.6 Å². The monoisotopic (exact) mass is 399 g/mol. The molecule has 4 rings (SSSR count). The van der Waals surface area contributed by atoms with E-state index in [0.717, 1.165) is 16.7 Å². The zero-order chi connectivity index (χ0) is 21.1. The fourth-order valence-corrected chi connectivity index (χ4v) is 3.34. The number of likely N-dealkylation sites (N-methyl/N-ethyl adjacent to an activating group) is 1. The van der Waals surface area contributed by atoms with Crippen molar-refractivity contribution in [3.05, 3.63) is 89.7 Å². The molecule has 0 fully saturated rings. The molecule has 0 spiro atoms. The summed E-state index contributed by atoms with van der Waals surface area (Å²) >= 11 is 0. The normalized spacial score (nSPS) is 15.7. The molecule has 2 aromatic carbocycles. The molecular weight excluding hydrogens is 378 g/mol. The first-order chi connectivity index (χ1) is 14.5. The van der Waals surface area contributed by atoms with Crippen molar-refractivity contribution in [2.45, 2.75) is 13.1 Å². The zero-order valence-electron chi connectivity index (χ0n) is 16.7. The number of nitrogens with one attached hydrogen (secondary N) is 2. The summed E-state index contributed by atoms with van der Waals surface area (Å²) in [6.45, 7) is 1.94. The van der Waals surface area contributed by atoms with E-state index in [9.17, 15) is 9.59 Å². The van der Waals surface area contributed by atoms with E-state index in [1.165, 1.54) is 4.90 Å². The average Bonchev–Trinajstić information content (AvgIpc) is 2.85. The summed E-state index contributed by atoms with van der Waals surface area (Å²) in [6.07, 6.45) is 2.21. The summed E-state index contributed by atoms with van der Waals surface area (Å²) in [5, 5.41) is 5.45. The highest BCUT2D eigenvalue weighted by Crippen LogP contribution is 2.26. The van der Waals surface area contributed by atoms with Crippen molar-refractivity contribution in [1.82, 2.24) is 10.3 Å².